The minimum absolute atomic E-state index is 0.195. The molecule has 0 saturated heterocycles. The van der Waals surface area contributed by atoms with Crippen LogP contribution in [0.1, 0.15) is 15.2 Å². The molecule has 0 amide bonds. The van der Waals surface area contributed by atoms with Gasteiger partial charge in [-0.05, 0) is 5.56 Å². The first-order valence-corrected chi connectivity index (χ1v) is 5.92. The summed E-state index contributed by atoms with van der Waals surface area (Å²) in [5.41, 5.74) is 1.15. The highest BCUT2D eigenvalue weighted by Gasteiger charge is 2.12. The van der Waals surface area contributed by atoms with Crippen LogP contribution in [-0.4, -0.2) is 23.4 Å². The maximum atomic E-state index is 10.6. The third kappa shape index (κ3) is 2.62. The molecule has 0 aliphatic carbocycles. The van der Waals surface area contributed by atoms with Gasteiger partial charge in [0.25, 0.3) is 0 Å². The number of carbonyl (C=O) groups is 1. The van der Waals surface area contributed by atoms with Crippen LogP contribution in [-0.2, 0) is 6.54 Å². The number of carbonyl (C=O) groups excluding carboxylic acids is 1. The first-order valence-electron chi connectivity index (χ1n) is 5.10. The molecule has 1 aromatic carbocycles. The van der Waals surface area contributed by atoms with Gasteiger partial charge in [0.15, 0.2) is 11.4 Å². The van der Waals surface area contributed by atoms with Gasteiger partial charge in [0.1, 0.15) is 4.88 Å². The topological polar surface area (TPSA) is 53.4 Å². The van der Waals surface area contributed by atoms with E-state index in [4.69, 9.17) is 0 Å². The second kappa shape index (κ2) is 4.97. The summed E-state index contributed by atoms with van der Waals surface area (Å²) in [7, 11) is 1.87. The van der Waals surface area contributed by atoms with Crippen LogP contribution < -0.4 is 4.90 Å². The SMILES string of the molecule is CN(Cc1ccccc1)c1nc(O)c(C=O)s1. The summed E-state index contributed by atoms with van der Waals surface area (Å²) in [5, 5.41) is 10.0. The van der Waals surface area contributed by atoms with Crippen molar-refractivity contribution in [2.24, 2.45) is 0 Å². The van der Waals surface area contributed by atoms with Gasteiger partial charge in [0, 0.05) is 13.6 Å². The smallest absolute Gasteiger partial charge is 0.234 e. The Morgan fingerprint density at radius 2 is 2.12 bits per heavy atom. The van der Waals surface area contributed by atoms with Crippen LogP contribution in [0, 0.1) is 0 Å². The fourth-order valence-electron chi connectivity index (χ4n) is 1.48. The fraction of sp³-hybridized carbons (Fsp3) is 0.167. The Labute approximate surface area is 103 Å². The molecule has 4 nitrogen and oxygen atoms in total. The Hall–Kier alpha value is -1.88. The highest BCUT2D eigenvalue weighted by Crippen LogP contribution is 2.29. The molecule has 0 atom stereocenters. The van der Waals surface area contributed by atoms with Gasteiger partial charge in [-0.25, -0.2) is 0 Å². The van der Waals surface area contributed by atoms with E-state index in [2.05, 4.69) is 4.98 Å². The van der Waals surface area contributed by atoms with Gasteiger partial charge in [-0.1, -0.05) is 41.7 Å². The van der Waals surface area contributed by atoms with E-state index in [0.29, 0.717) is 18.0 Å². The number of aromatic hydroxyl groups is 1. The number of anilines is 1. The Kier molecular flexibility index (Phi) is 3.39. The lowest BCUT2D eigenvalue weighted by Gasteiger charge is -2.15. The molecule has 0 spiro atoms. The second-order valence-corrected chi connectivity index (χ2v) is 4.65. The first kappa shape index (κ1) is 11.6. The van der Waals surface area contributed by atoms with Crippen LogP contribution in [0.2, 0.25) is 0 Å². The third-order valence-electron chi connectivity index (χ3n) is 2.32. The molecule has 0 saturated carbocycles. The van der Waals surface area contributed by atoms with Crippen molar-refractivity contribution in [3.8, 4) is 5.88 Å². The van der Waals surface area contributed by atoms with E-state index in [-0.39, 0.29) is 10.8 Å². The van der Waals surface area contributed by atoms with Crippen LogP contribution in [0.3, 0.4) is 0 Å². The van der Waals surface area contributed by atoms with Crippen molar-refractivity contribution in [3.05, 3.63) is 40.8 Å². The average molecular weight is 248 g/mol. The molecule has 1 heterocycles. The minimum Gasteiger partial charge on any atom is -0.492 e. The zero-order valence-electron chi connectivity index (χ0n) is 9.33. The summed E-state index contributed by atoms with van der Waals surface area (Å²) in [6.45, 7) is 0.687. The lowest BCUT2D eigenvalue weighted by Crippen LogP contribution is -2.15. The zero-order valence-corrected chi connectivity index (χ0v) is 10.1. The van der Waals surface area contributed by atoms with E-state index in [1.807, 2.05) is 42.3 Å². The minimum atomic E-state index is -0.195. The van der Waals surface area contributed by atoms with Crippen LogP contribution in [0.5, 0.6) is 5.88 Å². The van der Waals surface area contributed by atoms with E-state index in [1.165, 1.54) is 11.3 Å². The molecule has 0 bridgehead atoms. The summed E-state index contributed by atoms with van der Waals surface area (Å²) in [4.78, 5) is 16.7. The Morgan fingerprint density at radius 3 is 2.71 bits per heavy atom. The summed E-state index contributed by atoms with van der Waals surface area (Å²) in [5.74, 6) is -0.195. The summed E-state index contributed by atoms with van der Waals surface area (Å²) in [6, 6.07) is 9.94. The van der Waals surface area contributed by atoms with Crippen molar-refractivity contribution < 1.29 is 9.90 Å². The van der Waals surface area contributed by atoms with Gasteiger partial charge >= 0.3 is 0 Å². The van der Waals surface area contributed by atoms with E-state index in [1.54, 1.807) is 0 Å². The molecule has 0 aliphatic heterocycles. The molecular formula is C12H12N2O2S. The molecule has 5 heteroatoms. The van der Waals surface area contributed by atoms with Crippen molar-refractivity contribution in [2.45, 2.75) is 6.54 Å². The Balaban J connectivity index is 2.14. The number of nitrogens with zero attached hydrogens (tertiary/aromatic N) is 2. The van der Waals surface area contributed by atoms with Crippen molar-refractivity contribution in [2.75, 3.05) is 11.9 Å². The number of rotatable bonds is 4. The monoisotopic (exact) mass is 248 g/mol. The van der Waals surface area contributed by atoms with E-state index in [9.17, 15) is 9.90 Å². The number of benzene rings is 1. The molecule has 88 valence electrons. The normalized spacial score (nSPS) is 10.2. The standard InChI is InChI=1S/C12H12N2O2S/c1-14(7-9-5-3-2-4-6-9)12-13-11(16)10(8-15)17-12/h2-6,8,16H,7H2,1H3. The Bertz CT molecular complexity index is 510. The lowest BCUT2D eigenvalue weighted by molar-refractivity contribution is 0.112. The van der Waals surface area contributed by atoms with E-state index in [0.717, 1.165) is 5.56 Å². The molecule has 1 aromatic heterocycles. The van der Waals surface area contributed by atoms with Gasteiger partial charge < -0.3 is 10.0 Å². The molecule has 0 fully saturated rings. The maximum absolute atomic E-state index is 10.6. The molecule has 0 unspecified atom stereocenters. The van der Waals surface area contributed by atoms with Gasteiger partial charge in [-0.15, -0.1) is 0 Å². The summed E-state index contributed by atoms with van der Waals surface area (Å²) < 4.78 is 0. The first-order chi connectivity index (χ1) is 8.20. The predicted octanol–water partition coefficient (Wildman–Crippen LogP) is 2.30. The summed E-state index contributed by atoms with van der Waals surface area (Å²) in [6.07, 6.45) is 0.618. The molecule has 1 N–H and O–H groups in total. The third-order valence-corrected chi connectivity index (χ3v) is 3.40. The van der Waals surface area contributed by atoms with Crippen molar-refractivity contribution in [3.63, 3.8) is 0 Å². The quantitative estimate of drug-likeness (QED) is 0.843. The molecular weight excluding hydrogens is 236 g/mol. The number of hydrogen-bond acceptors (Lipinski definition) is 5. The van der Waals surface area contributed by atoms with Gasteiger partial charge in [0.2, 0.25) is 5.88 Å². The number of aromatic nitrogens is 1. The average Bonchev–Trinajstić information content (AvgIpc) is 2.72. The lowest BCUT2D eigenvalue weighted by atomic mass is 10.2. The molecule has 17 heavy (non-hydrogen) atoms. The number of hydrogen-bond donors (Lipinski definition) is 1. The van der Waals surface area contributed by atoms with E-state index >= 15 is 0 Å². The highest BCUT2D eigenvalue weighted by atomic mass is 32.1. The zero-order chi connectivity index (χ0) is 12.3. The number of aldehydes is 1. The van der Waals surface area contributed by atoms with Gasteiger partial charge in [-0.2, -0.15) is 4.98 Å². The molecule has 0 radical (unpaired) electrons. The van der Waals surface area contributed by atoms with Crippen LogP contribution in [0.15, 0.2) is 30.3 Å². The van der Waals surface area contributed by atoms with Crippen LogP contribution >= 0.6 is 11.3 Å². The number of thiazole rings is 1. The van der Waals surface area contributed by atoms with Gasteiger partial charge in [-0.3, -0.25) is 4.79 Å². The summed E-state index contributed by atoms with van der Waals surface area (Å²) >= 11 is 1.18. The van der Waals surface area contributed by atoms with Crippen LogP contribution in [0.25, 0.3) is 0 Å². The second-order valence-electron chi connectivity index (χ2n) is 3.64. The highest BCUT2D eigenvalue weighted by molar-refractivity contribution is 7.17. The molecule has 2 rings (SSSR count). The maximum Gasteiger partial charge on any atom is 0.234 e. The molecule has 0 aliphatic rings. The molecule has 2 aromatic rings. The van der Waals surface area contributed by atoms with E-state index < -0.39 is 0 Å². The fourth-order valence-corrected chi connectivity index (χ4v) is 2.21. The van der Waals surface area contributed by atoms with Crippen LogP contribution in [0.4, 0.5) is 5.13 Å². The van der Waals surface area contributed by atoms with Gasteiger partial charge in [0.05, 0.1) is 0 Å². The van der Waals surface area contributed by atoms with Crippen molar-refractivity contribution in [1.29, 1.82) is 0 Å². The Morgan fingerprint density at radius 1 is 1.41 bits per heavy atom. The van der Waals surface area contributed by atoms with Crippen molar-refractivity contribution in [1.82, 2.24) is 4.98 Å². The van der Waals surface area contributed by atoms with Crippen molar-refractivity contribution >= 4 is 22.8 Å². The predicted molar refractivity (Wildman–Crippen MR) is 67.7 cm³/mol. The largest absolute Gasteiger partial charge is 0.492 e.